The highest BCUT2D eigenvalue weighted by atomic mass is 35.5. The van der Waals surface area contributed by atoms with E-state index in [4.69, 9.17) is 11.6 Å². The summed E-state index contributed by atoms with van der Waals surface area (Å²) in [6, 6.07) is 7.60. The van der Waals surface area contributed by atoms with Gasteiger partial charge in [-0.15, -0.1) is 0 Å². The van der Waals surface area contributed by atoms with Gasteiger partial charge in [0.25, 0.3) is 0 Å². The van der Waals surface area contributed by atoms with Crippen LogP contribution in [-0.4, -0.2) is 29.0 Å². The molecule has 27 heavy (non-hydrogen) atoms. The number of piperidine rings is 1. The third-order valence-corrected chi connectivity index (χ3v) is 5.45. The Morgan fingerprint density at radius 1 is 1.33 bits per heavy atom. The molecule has 1 fully saturated rings. The van der Waals surface area contributed by atoms with Crippen LogP contribution in [0.5, 0.6) is 0 Å². The summed E-state index contributed by atoms with van der Waals surface area (Å²) < 4.78 is 0. The number of hydrogen-bond acceptors (Lipinski definition) is 4. The molecule has 1 N–H and O–H groups in total. The molecule has 1 aliphatic heterocycles. The first kappa shape index (κ1) is 19.6. The number of rotatable bonds is 6. The molecule has 1 amide bonds. The maximum atomic E-state index is 12.2. The number of benzene rings is 1. The van der Waals surface area contributed by atoms with Crippen LogP contribution in [0.1, 0.15) is 42.6 Å². The number of anilines is 1. The zero-order valence-corrected chi connectivity index (χ0v) is 16.8. The van der Waals surface area contributed by atoms with E-state index in [9.17, 15) is 4.79 Å². The van der Waals surface area contributed by atoms with Crippen LogP contribution in [0.4, 0.5) is 5.82 Å². The van der Waals surface area contributed by atoms with Crippen molar-refractivity contribution in [1.29, 1.82) is 0 Å². The van der Waals surface area contributed by atoms with Gasteiger partial charge in [-0.1, -0.05) is 29.8 Å². The summed E-state index contributed by atoms with van der Waals surface area (Å²) in [6.45, 7) is 6.41. The molecular weight excluding hydrogens is 360 g/mol. The van der Waals surface area contributed by atoms with Crippen molar-refractivity contribution in [3.63, 3.8) is 0 Å². The Morgan fingerprint density at radius 2 is 2.15 bits per heavy atom. The summed E-state index contributed by atoms with van der Waals surface area (Å²) in [7, 11) is 0. The molecule has 3 rings (SSSR count). The summed E-state index contributed by atoms with van der Waals surface area (Å²) in [5.41, 5.74) is 2.86. The fourth-order valence-corrected chi connectivity index (χ4v) is 3.78. The third kappa shape index (κ3) is 5.42. The van der Waals surface area contributed by atoms with Gasteiger partial charge in [-0.25, -0.2) is 4.98 Å². The molecule has 1 aliphatic rings. The summed E-state index contributed by atoms with van der Waals surface area (Å²) >= 11 is 6.14. The van der Waals surface area contributed by atoms with E-state index in [0.717, 1.165) is 55.1 Å². The van der Waals surface area contributed by atoms with E-state index in [0.29, 0.717) is 23.9 Å². The maximum Gasteiger partial charge on any atom is 0.220 e. The number of nitrogens with zero attached hydrogens (tertiary/aromatic N) is 3. The van der Waals surface area contributed by atoms with Gasteiger partial charge in [-0.05, 0) is 50.7 Å². The van der Waals surface area contributed by atoms with Crippen molar-refractivity contribution in [1.82, 2.24) is 15.3 Å². The lowest BCUT2D eigenvalue weighted by Crippen LogP contribution is -2.37. The van der Waals surface area contributed by atoms with Crippen LogP contribution >= 0.6 is 11.6 Å². The quantitative estimate of drug-likeness (QED) is 0.813. The first-order valence-electron chi connectivity index (χ1n) is 9.58. The minimum absolute atomic E-state index is 0.0820. The highest BCUT2D eigenvalue weighted by molar-refractivity contribution is 6.31. The lowest BCUT2D eigenvalue weighted by Gasteiger charge is -2.34. The maximum absolute atomic E-state index is 12.2. The Morgan fingerprint density at radius 3 is 2.96 bits per heavy atom. The normalized spacial score (nSPS) is 17.0. The van der Waals surface area contributed by atoms with Gasteiger partial charge >= 0.3 is 0 Å². The summed E-state index contributed by atoms with van der Waals surface area (Å²) in [5, 5.41) is 3.67. The highest BCUT2D eigenvalue weighted by Crippen LogP contribution is 2.26. The Hall–Kier alpha value is -2.14. The van der Waals surface area contributed by atoms with Crippen molar-refractivity contribution >= 4 is 23.3 Å². The van der Waals surface area contributed by atoms with Crippen LogP contribution < -0.4 is 10.2 Å². The topological polar surface area (TPSA) is 58.1 Å². The van der Waals surface area contributed by atoms with Gasteiger partial charge in [0.05, 0.1) is 11.4 Å². The van der Waals surface area contributed by atoms with E-state index in [-0.39, 0.29) is 5.91 Å². The standard InChI is InChI=1S/C21H27ClN4O/c1-15-12-23-16(2)21(25-15)26-11-5-6-17(14-26)9-10-20(27)24-13-18-7-3-4-8-19(18)22/h3-4,7-8,12,17H,5-6,9-11,13-14H2,1-2H3,(H,24,27)/t17-/m0/s1. The Kier molecular flexibility index (Phi) is 6.67. The van der Waals surface area contributed by atoms with Crippen molar-refractivity contribution in [3.8, 4) is 0 Å². The lowest BCUT2D eigenvalue weighted by atomic mass is 9.93. The van der Waals surface area contributed by atoms with E-state index >= 15 is 0 Å². The number of halogens is 1. The zero-order chi connectivity index (χ0) is 19.2. The van der Waals surface area contributed by atoms with Crippen LogP contribution in [0.25, 0.3) is 0 Å². The highest BCUT2D eigenvalue weighted by Gasteiger charge is 2.23. The molecule has 0 bridgehead atoms. The smallest absolute Gasteiger partial charge is 0.220 e. The largest absolute Gasteiger partial charge is 0.355 e. The Bertz CT molecular complexity index is 796. The van der Waals surface area contributed by atoms with Crippen LogP contribution in [0.15, 0.2) is 30.5 Å². The average molecular weight is 387 g/mol. The molecule has 2 aromatic rings. The van der Waals surface area contributed by atoms with E-state index in [1.807, 2.05) is 44.3 Å². The molecular formula is C21H27ClN4O. The number of aromatic nitrogens is 2. The molecule has 0 unspecified atom stereocenters. The van der Waals surface area contributed by atoms with Crippen molar-refractivity contribution in [2.24, 2.45) is 5.92 Å². The average Bonchev–Trinajstić information content (AvgIpc) is 2.68. The second kappa shape index (κ2) is 9.18. The van der Waals surface area contributed by atoms with Gasteiger partial charge in [0, 0.05) is 37.3 Å². The van der Waals surface area contributed by atoms with E-state index < -0.39 is 0 Å². The van der Waals surface area contributed by atoms with Gasteiger partial charge in [-0.2, -0.15) is 0 Å². The van der Waals surface area contributed by atoms with Crippen LogP contribution in [0.2, 0.25) is 5.02 Å². The first-order chi connectivity index (χ1) is 13.0. The van der Waals surface area contributed by atoms with Gasteiger partial charge < -0.3 is 10.2 Å². The molecule has 1 atom stereocenters. The molecule has 0 spiro atoms. The zero-order valence-electron chi connectivity index (χ0n) is 16.0. The van der Waals surface area contributed by atoms with Crippen LogP contribution in [0.3, 0.4) is 0 Å². The predicted octanol–water partition coefficient (Wildman–Crippen LogP) is 4.06. The molecule has 1 saturated heterocycles. The van der Waals surface area contributed by atoms with E-state index in [1.54, 1.807) is 0 Å². The van der Waals surface area contributed by atoms with Gasteiger partial charge in [0.15, 0.2) is 0 Å². The van der Waals surface area contributed by atoms with E-state index in [1.165, 1.54) is 0 Å². The van der Waals surface area contributed by atoms with Crippen molar-refractivity contribution in [2.45, 2.75) is 46.1 Å². The van der Waals surface area contributed by atoms with Gasteiger partial charge in [0.2, 0.25) is 5.91 Å². The van der Waals surface area contributed by atoms with E-state index in [2.05, 4.69) is 20.2 Å². The SMILES string of the molecule is Cc1cnc(C)c(N2CCC[C@@H](CCC(=O)NCc3ccccc3Cl)C2)n1. The Balaban J connectivity index is 1.48. The number of nitrogens with one attached hydrogen (secondary N) is 1. The third-order valence-electron chi connectivity index (χ3n) is 5.08. The molecule has 2 heterocycles. The Labute approximate surface area is 166 Å². The second-order valence-electron chi connectivity index (χ2n) is 7.28. The number of carbonyl (C=O) groups is 1. The number of carbonyl (C=O) groups excluding carboxylic acids is 1. The van der Waals surface area contributed by atoms with Crippen molar-refractivity contribution in [3.05, 3.63) is 52.4 Å². The predicted molar refractivity (Wildman–Crippen MR) is 109 cm³/mol. The van der Waals surface area contributed by atoms with Crippen LogP contribution in [-0.2, 0) is 11.3 Å². The molecule has 5 nitrogen and oxygen atoms in total. The van der Waals surface area contributed by atoms with Crippen molar-refractivity contribution < 1.29 is 4.79 Å². The number of amides is 1. The summed E-state index contributed by atoms with van der Waals surface area (Å²) in [4.78, 5) is 23.7. The fraction of sp³-hybridized carbons (Fsp3) is 0.476. The molecule has 6 heteroatoms. The minimum atomic E-state index is 0.0820. The van der Waals surface area contributed by atoms with Crippen molar-refractivity contribution in [2.75, 3.05) is 18.0 Å². The summed E-state index contributed by atoms with van der Waals surface area (Å²) in [6.07, 6.45) is 5.53. The van der Waals surface area contributed by atoms with Gasteiger partial charge in [-0.3, -0.25) is 9.78 Å². The molecule has 0 radical (unpaired) electrons. The molecule has 1 aromatic heterocycles. The van der Waals surface area contributed by atoms with Crippen LogP contribution in [0, 0.1) is 19.8 Å². The number of hydrogen-bond donors (Lipinski definition) is 1. The molecule has 0 aliphatic carbocycles. The summed E-state index contributed by atoms with van der Waals surface area (Å²) in [5.74, 6) is 1.58. The first-order valence-corrected chi connectivity index (χ1v) is 9.96. The second-order valence-corrected chi connectivity index (χ2v) is 7.69. The number of aryl methyl sites for hydroxylation is 2. The molecule has 1 aromatic carbocycles. The fourth-order valence-electron chi connectivity index (χ4n) is 3.58. The lowest BCUT2D eigenvalue weighted by molar-refractivity contribution is -0.121. The van der Waals surface area contributed by atoms with Gasteiger partial charge in [0.1, 0.15) is 5.82 Å². The molecule has 0 saturated carbocycles. The monoisotopic (exact) mass is 386 g/mol. The minimum Gasteiger partial charge on any atom is -0.355 e. The molecule has 144 valence electrons.